The summed E-state index contributed by atoms with van der Waals surface area (Å²) in [5.41, 5.74) is 9.44. The molecule has 2 aliphatic rings. The van der Waals surface area contributed by atoms with Crippen molar-refractivity contribution in [1.29, 1.82) is 0 Å². The lowest BCUT2D eigenvalue weighted by atomic mass is 9.99. The summed E-state index contributed by atoms with van der Waals surface area (Å²) >= 11 is 0. The van der Waals surface area contributed by atoms with Gasteiger partial charge in [0.25, 0.3) is 5.91 Å². The maximum atomic E-state index is 12.6. The molecule has 1 saturated heterocycles. The van der Waals surface area contributed by atoms with Crippen molar-refractivity contribution in [3.63, 3.8) is 0 Å². The van der Waals surface area contributed by atoms with Crippen LogP contribution in [-0.4, -0.2) is 78.6 Å². The summed E-state index contributed by atoms with van der Waals surface area (Å²) in [4.78, 5) is 37.5. The number of rotatable bonds is 8. The van der Waals surface area contributed by atoms with Gasteiger partial charge in [0, 0.05) is 49.2 Å². The predicted molar refractivity (Wildman–Crippen MR) is 154 cm³/mol. The van der Waals surface area contributed by atoms with E-state index in [4.69, 9.17) is 10.5 Å². The molecule has 10 heteroatoms. The molecule has 2 aromatic rings. The summed E-state index contributed by atoms with van der Waals surface area (Å²) in [5.74, 6) is 1.40. The van der Waals surface area contributed by atoms with E-state index >= 15 is 0 Å². The van der Waals surface area contributed by atoms with Crippen molar-refractivity contribution < 1.29 is 14.3 Å². The summed E-state index contributed by atoms with van der Waals surface area (Å²) in [5, 5.41) is 6.08. The second-order valence-corrected chi connectivity index (χ2v) is 9.98. The van der Waals surface area contributed by atoms with E-state index in [1.165, 1.54) is 12.8 Å². The maximum Gasteiger partial charge on any atom is 0.410 e. The highest BCUT2D eigenvalue weighted by Gasteiger charge is 2.20. The highest BCUT2D eigenvalue weighted by molar-refractivity contribution is 5.97. The smallest absolute Gasteiger partial charge is 0.410 e. The molecule has 1 aromatic heterocycles. The zero-order valence-corrected chi connectivity index (χ0v) is 22.9. The molecule has 4 rings (SSSR count). The molecule has 0 atom stereocenters. The van der Waals surface area contributed by atoms with Crippen LogP contribution >= 0.6 is 0 Å². The number of benzene rings is 1. The summed E-state index contributed by atoms with van der Waals surface area (Å²) in [6.45, 7) is 9.20. The number of anilines is 1. The van der Waals surface area contributed by atoms with Crippen LogP contribution in [0.5, 0.6) is 0 Å². The largest absolute Gasteiger partial charge is 0.450 e. The van der Waals surface area contributed by atoms with Crippen LogP contribution in [0.4, 0.5) is 16.3 Å². The molecule has 2 aliphatic heterocycles. The van der Waals surface area contributed by atoms with Gasteiger partial charge >= 0.3 is 6.09 Å². The lowest BCUT2D eigenvalue weighted by molar-refractivity contribution is 0.0944. The molecule has 3 heterocycles. The van der Waals surface area contributed by atoms with Crippen LogP contribution in [0, 0.1) is 5.92 Å². The highest BCUT2D eigenvalue weighted by atomic mass is 16.6. The normalized spacial score (nSPS) is 16.9. The van der Waals surface area contributed by atoms with Gasteiger partial charge in [0.1, 0.15) is 0 Å². The summed E-state index contributed by atoms with van der Waals surface area (Å²) in [7, 11) is 0. The number of aromatic nitrogens is 1. The first-order valence-electron chi connectivity index (χ1n) is 13.7. The van der Waals surface area contributed by atoms with Gasteiger partial charge in [-0.05, 0) is 87.2 Å². The highest BCUT2D eigenvalue weighted by Crippen LogP contribution is 2.29. The summed E-state index contributed by atoms with van der Waals surface area (Å²) in [6.07, 6.45) is 6.48. The van der Waals surface area contributed by atoms with E-state index in [0.29, 0.717) is 44.0 Å². The minimum atomic E-state index is -0.304. The molecule has 1 aromatic carbocycles. The second-order valence-electron chi connectivity index (χ2n) is 9.98. The first kappa shape index (κ1) is 28.1. The van der Waals surface area contributed by atoms with Crippen LogP contribution in [0.3, 0.4) is 0 Å². The van der Waals surface area contributed by atoms with Crippen LogP contribution < -0.4 is 16.4 Å². The standard InChI is InChI=1S/C29H39N7O3/c1-3-39-29(38)36-18-12-22(13-19-36)25-5-4-14-31-26(25)34-28(30)33-24-8-6-23(7-9-24)27(37)32-15-20-35-16-10-21(2)11-17-35/h4-9,12,14,21H,3,10-11,13,15-20H2,1-2H3,(H,32,37)(H3,30,31,33,34). The van der Waals surface area contributed by atoms with E-state index in [1.807, 2.05) is 18.2 Å². The fourth-order valence-corrected chi connectivity index (χ4v) is 4.74. The van der Waals surface area contributed by atoms with Gasteiger partial charge in [-0.1, -0.05) is 13.0 Å². The van der Waals surface area contributed by atoms with Crippen LogP contribution in [-0.2, 0) is 4.74 Å². The van der Waals surface area contributed by atoms with Crippen LogP contribution in [0.1, 0.15) is 49.0 Å². The average molecular weight is 534 g/mol. The van der Waals surface area contributed by atoms with Gasteiger partial charge in [0.15, 0.2) is 11.8 Å². The van der Waals surface area contributed by atoms with Crippen molar-refractivity contribution in [2.24, 2.45) is 16.6 Å². The van der Waals surface area contributed by atoms with E-state index in [1.54, 1.807) is 42.3 Å². The molecule has 2 amide bonds. The predicted octanol–water partition coefficient (Wildman–Crippen LogP) is 3.85. The Morgan fingerprint density at radius 2 is 1.92 bits per heavy atom. The van der Waals surface area contributed by atoms with E-state index < -0.39 is 0 Å². The molecule has 10 nitrogen and oxygen atoms in total. The van der Waals surface area contributed by atoms with E-state index in [0.717, 1.165) is 42.4 Å². The number of carbonyl (C=O) groups excluding carboxylic acids is 2. The number of carbonyl (C=O) groups is 2. The number of pyridine rings is 1. The molecular formula is C29H39N7O3. The molecule has 1 fully saturated rings. The summed E-state index contributed by atoms with van der Waals surface area (Å²) < 4.78 is 5.09. The number of guanidine groups is 1. The number of nitrogens with zero attached hydrogens (tertiary/aromatic N) is 4. The van der Waals surface area contributed by atoms with Crippen molar-refractivity contribution in [2.45, 2.75) is 33.1 Å². The Morgan fingerprint density at radius 1 is 1.15 bits per heavy atom. The third-order valence-electron chi connectivity index (χ3n) is 7.10. The lowest BCUT2D eigenvalue weighted by Gasteiger charge is -2.30. The quantitative estimate of drug-likeness (QED) is 0.348. The molecule has 0 unspecified atom stereocenters. The first-order valence-corrected chi connectivity index (χ1v) is 13.7. The van der Waals surface area contributed by atoms with Crippen LogP contribution in [0.25, 0.3) is 5.57 Å². The van der Waals surface area contributed by atoms with Crippen LogP contribution in [0.2, 0.25) is 0 Å². The van der Waals surface area contributed by atoms with Crippen molar-refractivity contribution in [3.8, 4) is 0 Å². The van der Waals surface area contributed by atoms with Gasteiger partial charge < -0.3 is 30.9 Å². The Hall–Kier alpha value is -3.92. The topological polar surface area (TPSA) is 125 Å². The SMILES string of the molecule is CCOC(=O)N1CC=C(c2cccnc2N=C(N)Nc2ccc(C(=O)NCCN3CCC(C)CC3)cc2)CC1. The fraction of sp³-hybridized carbons (Fsp3) is 0.448. The lowest BCUT2D eigenvalue weighted by Crippen LogP contribution is -2.39. The van der Waals surface area contributed by atoms with Gasteiger partial charge in [-0.2, -0.15) is 4.99 Å². The molecule has 0 spiro atoms. The van der Waals surface area contributed by atoms with Gasteiger partial charge in [0.05, 0.1) is 6.61 Å². The molecule has 0 radical (unpaired) electrons. The monoisotopic (exact) mass is 533 g/mol. The Labute approximate surface area is 230 Å². The van der Waals surface area contributed by atoms with Gasteiger partial charge in [-0.25, -0.2) is 9.78 Å². The molecule has 0 bridgehead atoms. The number of hydrogen-bond donors (Lipinski definition) is 3. The summed E-state index contributed by atoms with van der Waals surface area (Å²) in [6, 6.07) is 10.9. The molecule has 0 saturated carbocycles. The number of likely N-dealkylation sites (tertiary alicyclic amines) is 1. The average Bonchev–Trinajstić information content (AvgIpc) is 2.95. The molecule has 208 valence electrons. The zero-order chi connectivity index (χ0) is 27.6. The van der Waals surface area contributed by atoms with Crippen LogP contribution in [0.15, 0.2) is 53.7 Å². The molecule has 4 N–H and O–H groups in total. The Morgan fingerprint density at radius 3 is 2.62 bits per heavy atom. The Balaban J connectivity index is 1.31. The second kappa shape index (κ2) is 13.7. The van der Waals surface area contributed by atoms with E-state index in [9.17, 15) is 9.59 Å². The van der Waals surface area contributed by atoms with Crippen molar-refractivity contribution >= 4 is 35.0 Å². The molecule has 39 heavy (non-hydrogen) atoms. The third kappa shape index (κ3) is 8.03. The van der Waals surface area contributed by atoms with Crippen molar-refractivity contribution in [2.75, 3.05) is 51.2 Å². The zero-order valence-electron chi connectivity index (χ0n) is 22.9. The minimum absolute atomic E-state index is 0.0889. The number of aliphatic imine (C=N–C) groups is 1. The number of piperidine rings is 1. The Kier molecular flexibility index (Phi) is 9.91. The molecular weight excluding hydrogens is 494 g/mol. The number of nitrogens with one attached hydrogen (secondary N) is 2. The van der Waals surface area contributed by atoms with E-state index in [-0.39, 0.29) is 18.0 Å². The number of nitrogens with two attached hydrogens (primary N) is 1. The number of ether oxygens (including phenoxy) is 1. The van der Waals surface area contributed by atoms with Gasteiger partial charge in [-0.3, -0.25) is 4.79 Å². The van der Waals surface area contributed by atoms with Gasteiger partial charge in [0.2, 0.25) is 0 Å². The first-order chi connectivity index (χ1) is 18.9. The van der Waals surface area contributed by atoms with Crippen molar-refractivity contribution in [3.05, 3.63) is 59.8 Å². The number of amides is 2. The Bertz CT molecular complexity index is 1190. The van der Waals surface area contributed by atoms with Gasteiger partial charge in [-0.15, -0.1) is 0 Å². The van der Waals surface area contributed by atoms with Crippen molar-refractivity contribution in [1.82, 2.24) is 20.1 Å². The fourth-order valence-electron chi connectivity index (χ4n) is 4.74. The number of hydrogen-bond acceptors (Lipinski definition) is 6. The van der Waals surface area contributed by atoms with E-state index in [2.05, 4.69) is 32.4 Å². The molecule has 0 aliphatic carbocycles. The minimum Gasteiger partial charge on any atom is -0.450 e. The third-order valence-corrected chi connectivity index (χ3v) is 7.10. The maximum absolute atomic E-state index is 12.6.